The number of nitrogens with two attached hydrogens (primary N) is 1. The van der Waals surface area contributed by atoms with E-state index in [9.17, 15) is 14.0 Å². The summed E-state index contributed by atoms with van der Waals surface area (Å²) < 4.78 is 12.8. The maximum atomic E-state index is 14.3. The van der Waals surface area contributed by atoms with Crippen molar-refractivity contribution < 1.29 is 18.8 Å². The van der Waals surface area contributed by atoms with Gasteiger partial charge in [0.1, 0.15) is 0 Å². The van der Waals surface area contributed by atoms with E-state index in [0.717, 1.165) is 27.9 Å². The first-order valence-electron chi connectivity index (χ1n) is 12.1. The number of ketones is 1. The number of nitrogens with zero attached hydrogens (tertiary/aromatic N) is 1. The Morgan fingerprint density at radius 1 is 0.892 bits per heavy atom. The summed E-state index contributed by atoms with van der Waals surface area (Å²) in [5.41, 5.74) is 8.13. The first kappa shape index (κ1) is 27.5. The lowest BCUT2D eigenvalue weighted by atomic mass is 9.63. The zero-order valence-corrected chi connectivity index (χ0v) is 21.7. The van der Waals surface area contributed by atoms with Crippen LogP contribution in [-0.2, 0) is 21.5 Å². The highest BCUT2D eigenvalue weighted by atomic mass is 19.1. The quantitative estimate of drug-likeness (QED) is 0.347. The van der Waals surface area contributed by atoms with Gasteiger partial charge in [0.25, 0.3) is 0 Å². The Morgan fingerprint density at radius 3 is 2.05 bits per heavy atom. The smallest absolute Gasteiger partial charge is 0.233 e. The number of hydrogen-bond acceptors (Lipinski definition) is 3. The number of halogens is 1. The van der Waals surface area contributed by atoms with Gasteiger partial charge in [0.15, 0.2) is 12.5 Å². The molecule has 0 aliphatic carbocycles. The fourth-order valence-electron chi connectivity index (χ4n) is 4.45. The van der Waals surface area contributed by atoms with Crippen LogP contribution < -0.4 is 10.6 Å². The number of carbonyl (C=O) groups is 3. The summed E-state index contributed by atoms with van der Waals surface area (Å²) in [5.74, 6) is -0.525. The third-order valence-electron chi connectivity index (χ3n) is 7.45. The zero-order valence-electron chi connectivity index (χ0n) is 21.7. The number of amides is 2. The van der Waals surface area contributed by atoms with Gasteiger partial charge in [-0.2, -0.15) is 0 Å². The molecule has 37 heavy (non-hydrogen) atoms. The number of fused-ring (bicyclic) bond motifs is 2. The van der Waals surface area contributed by atoms with Crippen LogP contribution in [0.2, 0.25) is 0 Å². The van der Waals surface area contributed by atoms with E-state index in [4.69, 9.17) is 4.79 Å². The van der Waals surface area contributed by atoms with Crippen molar-refractivity contribution in [2.75, 3.05) is 11.6 Å². The van der Waals surface area contributed by atoms with Gasteiger partial charge in [-0.25, -0.2) is 4.39 Å². The van der Waals surface area contributed by atoms with Gasteiger partial charge < -0.3 is 10.6 Å². The van der Waals surface area contributed by atoms with Crippen molar-refractivity contribution in [2.45, 2.75) is 39.7 Å². The van der Waals surface area contributed by atoms with E-state index in [-0.39, 0.29) is 12.3 Å². The van der Waals surface area contributed by atoms with E-state index >= 15 is 0 Å². The van der Waals surface area contributed by atoms with Crippen molar-refractivity contribution in [1.82, 2.24) is 0 Å². The number of carbonyl (C=O) groups excluding carboxylic acids is 3. The molecule has 2 amide bonds. The van der Waals surface area contributed by atoms with E-state index in [1.165, 1.54) is 0 Å². The van der Waals surface area contributed by atoms with Gasteiger partial charge >= 0.3 is 0 Å². The molecule has 0 saturated heterocycles. The van der Waals surface area contributed by atoms with Crippen LogP contribution >= 0.6 is 0 Å². The number of Topliss-reactive ketones (excluding diaryl/α,β-unsaturated/α-hetero) is 1. The van der Waals surface area contributed by atoms with Gasteiger partial charge in [-0.3, -0.25) is 14.4 Å². The highest BCUT2D eigenvalue weighted by Crippen LogP contribution is 2.44. The fraction of sp³-hybridized carbons (Fsp3) is 0.258. The Labute approximate surface area is 217 Å². The number of benzene rings is 3. The number of para-hydroxylation sites is 1. The van der Waals surface area contributed by atoms with Crippen molar-refractivity contribution in [1.29, 1.82) is 0 Å². The maximum Gasteiger partial charge on any atom is 0.233 e. The molecule has 0 radical (unpaired) electrons. The minimum atomic E-state index is -1.02. The summed E-state index contributed by atoms with van der Waals surface area (Å²) in [4.78, 5) is 36.5. The lowest BCUT2D eigenvalue weighted by Crippen LogP contribution is -2.50. The third-order valence-corrected chi connectivity index (χ3v) is 7.45. The van der Waals surface area contributed by atoms with Crippen molar-refractivity contribution in [3.05, 3.63) is 101 Å². The molecule has 2 N–H and O–H groups in total. The number of alkyl halides is 1. The highest BCUT2D eigenvalue weighted by Gasteiger charge is 2.46. The van der Waals surface area contributed by atoms with E-state index in [1.54, 1.807) is 12.1 Å². The highest BCUT2D eigenvalue weighted by molar-refractivity contribution is 6.01. The van der Waals surface area contributed by atoms with Crippen molar-refractivity contribution in [2.24, 2.45) is 11.1 Å². The second-order valence-electron chi connectivity index (χ2n) is 10.0. The summed E-state index contributed by atoms with van der Waals surface area (Å²) >= 11 is 0. The molecule has 1 aliphatic rings. The topological polar surface area (TPSA) is 80.5 Å². The van der Waals surface area contributed by atoms with E-state index in [2.05, 4.69) is 30.0 Å². The van der Waals surface area contributed by atoms with Crippen molar-refractivity contribution in [3.63, 3.8) is 0 Å². The van der Waals surface area contributed by atoms with E-state index < -0.39 is 23.3 Å². The molecule has 3 aromatic rings. The minimum absolute atomic E-state index is 0.0129. The van der Waals surface area contributed by atoms with Gasteiger partial charge in [0.2, 0.25) is 12.3 Å². The molecule has 0 spiro atoms. The molecule has 4 rings (SSSR count). The first-order valence-corrected chi connectivity index (χ1v) is 12.1. The standard InChI is InChI=1S/C30H30FNO2.CH3NO/c1-29(2,25-17-15-23(16-18-25)27(33)19-31)30(3,4)28(34)32-20-24-11-6-5-9-21(24)13-14-22-10-7-8-12-26(22)32;2-1-3/h5-18H,19-20H2,1-4H3;1H,(H2,2,3)/b14-13-;. The molecule has 0 saturated carbocycles. The van der Waals surface area contributed by atoms with Gasteiger partial charge in [-0.05, 0) is 28.3 Å². The Bertz CT molecular complexity index is 1310. The summed E-state index contributed by atoms with van der Waals surface area (Å²) in [5, 5.41) is 0. The molecule has 0 atom stereocenters. The summed E-state index contributed by atoms with van der Waals surface area (Å²) in [7, 11) is 0. The van der Waals surface area contributed by atoms with Gasteiger partial charge in [0.05, 0.1) is 17.6 Å². The average Bonchev–Trinajstić information content (AvgIpc) is 2.89. The van der Waals surface area contributed by atoms with Crippen LogP contribution in [0.25, 0.3) is 12.2 Å². The van der Waals surface area contributed by atoms with Crippen molar-refractivity contribution in [3.8, 4) is 0 Å². The van der Waals surface area contributed by atoms with Crippen LogP contribution in [0.3, 0.4) is 0 Å². The second-order valence-corrected chi connectivity index (χ2v) is 10.0. The molecule has 3 aromatic carbocycles. The normalized spacial score (nSPS) is 13.6. The first-order chi connectivity index (χ1) is 17.6. The molecule has 192 valence electrons. The predicted molar refractivity (Wildman–Crippen MR) is 147 cm³/mol. The maximum absolute atomic E-state index is 14.3. The molecule has 6 heteroatoms. The third kappa shape index (κ3) is 5.53. The fourth-order valence-corrected chi connectivity index (χ4v) is 4.45. The Kier molecular flexibility index (Phi) is 8.43. The predicted octanol–water partition coefficient (Wildman–Crippen LogP) is 5.96. The Balaban J connectivity index is 0.00000121. The summed E-state index contributed by atoms with van der Waals surface area (Å²) in [6, 6.07) is 23.0. The van der Waals surface area contributed by atoms with Crippen LogP contribution in [0, 0.1) is 5.41 Å². The number of rotatable bonds is 5. The van der Waals surface area contributed by atoms with Crippen molar-refractivity contribution >= 4 is 35.9 Å². The molecule has 1 heterocycles. The van der Waals surface area contributed by atoms with Crippen LogP contribution in [0.15, 0.2) is 72.8 Å². The SMILES string of the molecule is CC(C)(C(=O)N1Cc2ccccc2/C=C\c2ccccc21)C(C)(C)c1ccc(C(=O)CF)cc1.NC=O. The monoisotopic (exact) mass is 500 g/mol. The number of hydrogen-bond donors (Lipinski definition) is 1. The molecule has 1 aliphatic heterocycles. The van der Waals surface area contributed by atoms with Gasteiger partial charge in [0, 0.05) is 11.0 Å². The van der Waals surface area contributed by atoms with Crippen LogP contribution in [0.4, 0.5) is 10.1 Å². The molecule has 0 aromatic heterocycles. The zero-order chi connectivity index (χ0) is 27.2. The summed E-state index contributed by atoms with van der Waals surface area (Å²) in [6.45, 7) is 7.48. The lowest BCUT2D eigenvalue weighted by molar-refractivity contribution is -0.130. The van der Waals surface area contributed by atoms with Gasteiger partial charge in [-0.1, -0.05) is 107 Å². The minimum Gasteiger partial charge on any atom is -0.372 e. The van der Waals surface area contributed by atoms with E-state index in [1.807, 2.05) is 81.1 Å². The largest absolute Gasteiger partial charge is 0.372 e. The molecule has 0 bridgehead atoms. The molecular formula is C31H33FN2O3. The molecular weight excluding hydrogens is 467 g/mol. The number of anilines is 1. The average molecular weight is 501 g/mol. The van der Waals surface area contributed by atoms with Gasteiger partial charge in [-0.15, -0.1) is 0 Å². The second kappa shape index (κ2) is 11.3. The van der Waals surface area contributed by atoms with Crippen LogP contribution in [0.5, 0.6) is 0 Å². The number of primary amides is 1. The van der Waals surface area contributed by atoms with E-state index in [0.29, 0.717) is 12.1 Å². The summed E-state index contributed by atoms with van der Waals surface area (Å²) in [6.07, 6.45) is 4.41. The van der Waals surface area contributed by atoms with Crippen LogP contribution in [-0.4, -0.2) is 24.8 Å². The Hall–Kier alpha value is -4.06. The molecule has 0 fully saturated rings. The lowest BCUT2D eigenvalue weighted by Gasteiger charge is -2.44. The molecule has 0 unspecified atom stereocenters. The molecule has 5 nitrogen and oxygen atoms in total. The Morgan fingerprint density at radius 2 is 1.43 bits per heavy atom. The van der Waals surface area contributed by atoms with Crippen LogP contribution in [0.1, 0.15) is 60.3 Å².